The molecule has 1 rings (SSSR count). The lowest BCUT2D eigenvalue weighted by Crippen LogP contribution is -2.57. The number of aliphatic carboxylic acids is 1. The molecule has 1 aromatic heterocycles. The van der Waals surface area contributed by atoms with Crippen molar-refractivity contribution in [2.45, 2.75) is 70.1 Å². The second kappa shape index (κ2) is 14.4. The molecule has 15 nitrogen and oxygen atoms in total. The number of hydrogen-bond acceptors (Lipinski definition) is 8. The highest BCUT2D eigenvalue weighted by atomic mass is 16.4. The number of rotatable bonds is 16. The van der Waals surface area contributed by atoms with Crippen LogP contribution in [-0.4, -0.2) is 74.7 Å². The van der Waals surface area contributed by atoms with Crippen molar-refractivity contribution in [2.75, 3.05) is 0 Å². The van der Waals surface area contributed by atoms with E-state index in [-0.39, 0.29) is 31.6 Å². The third kappa shape index (κ3) is 10.9. The number of carboxylic acids is 1. The van der Waals surface area contributed by atoms with E-state index in [9.17, 15) is 33.9 Å². The fourth-order valence-corrected chi connectivity index (χ4v) is 3.21. The molecule has 0 radical (unpaired) electrons. The van der Waals surface area contributed by atoms with Gasteiger partial charge >= 0.3 is 5.97 Å². The topological polar surface area (TPSA) is 265 Å². The second-order valence-corrected chi connectivity index (χ2v) is 8.71. The number of imidazole rings is 1. The van der Waals surface area contributed by atoms with E-state index >= 15 is 0 Å². The molecule has 15 heteroatoms. The second-order valence-electron chi connectivity index (χ2n) is 8.71. The van der Waals surface area contributed by atoms with Crippen LogP contribution in [0, 0.1) is 5.92 Å². The van der Waals surface area contributed by atoms with Gasteiger partial charge in [0.1, 0.15) is 18.1 Å². The Hall–Kier alpha value is -4.01. The molecule has 0 saturated heterocycles. The van der Waals surface area contributed by atoms with Crippen LogP contribution in [0.25, 0.3) is 0 Å². The number of nitrogens with zero attached hydrogens (tertiary/aromatic N) is 1. The first-order valence-electron chi connectivity index (χ1n) is 11.2. The Kier molecular flexibility index (Phi) is 12.0. The minimum atomic E-state index is -1.33. The summed E-state index contributed by atoms with van der Waals surface area (Å²) in [4.78, 5) is 78.8. The molecule has 0 aromatic carbocycles. The van der Waals surface area contributed by atoms with Crippen LogP contribution in [0.1, 0.15) is 45.2 Å². The number of nitrogens with one attached hydrogen (secondary N) is 4. The summed E-state index contributed by atoms with van der Waals surface area (Å²) in [5, 5.41) is 16.8. The summed E-state index contributed by atoms with van der Waals surface area (Å²) in [5.74, 6) is -5.38. The summed E-state index contributed by atoms with van der Waals surface area (Å²) < 4.78 is 0. The maximum absolute atomic E-state index is 13.0. The van der Waals surface area contributed by atoms with Gasteiger partial charge in [-0.3, -0.25) is 24.0 Å². The summed E-state index contributed by atoms with van der Waals surface area (Å²) in [6, 6.07) is -5.11. The van der Waals surface area contributed by atoms with Gasteiger partial charge in [-0.05, 0) is 18.8 Å². The number of aromatic nitrogens is 2. The van der Waals surface area contributed by atoms with Crippen LogP contribution < -0.4 is 33.2 Å². The molecular weight excluding hydrogens is 476 g/mol. The molecule has 0 aliphatic rings. The predicted molar refractivity (Wildman–Crippen MR) is 125 cm³/mol. The molecule has 200 valence electrons. The van der Waals surface area contributed by atoms with Crippen LogP contribution >= 0.6 is 0 Å². The van der Waals surface area contributed by atoms with E-state index in [0.29, 0.717) is 5.69 Å². The van der Waals surface area contributed by atoms with Crippen LogP contribution in [-0.2, 0) is 35.2 Å². The highest BCUT2D eigenvalue weighted by Crippen LogP contribution is 2.09. The first-order chi connectivity index (χ1) is 16.8. The van der Waals surface area contributed by atoms with Crippen LogP contribution in [0.5, 0.6) is 0 Å². The molecule has 0 fully saturated rings. The Labute approximate surface area is 207 Å². The Bertz CT molecular complexity index is 935. The third-order valence-electron chi connectivity index (χ3n) is 5.00. The minimum Gasteiger partial charge on any atom is -0.480 e. The first-order valence-corrected chi connectivity index (χ1v) is 11.2. The van der Waals surface area contributed by atoms with Crippen molar-refractivity contribution in [3.8, 4) is 0 Å². The largest absolute Gasteiger partial charge is 0.480 e. The number of carbonyl (C=O) groups excluding carboxylic acids is 5. The standard InChI is InChI=1S/C21H34N8O7/c1-10(2)5-14(20(34)29-15(21(35)36)6-11-8-25-9-26-11)28-19(33)13(3-4-16(23)30)27-18(32)12(22)7-17(24)31/h8-10,12-15H,3-7,22H2,1-2H3,(H2,23,30)(H2,24,31)(H,25,26)(H,27,32)(H,28,33)(H,29,34)(H,35,36). The van der Waals surface area contributed by atoms with Gasteiger partial charge in [0.15, 0.2) is 0 Å². The Morgan fingerprint density at radius 3 is 2.03 bits per heavy atom. The van der Waals surface area contributed by atoms with Crippen molar-refractivity contribution in [1.82, 2.24) is 25.9 Å². The molecule has 11 N–H and O–H groups in total. The minimum absolute atomic E-state index is 0.0710. The highest BCUT2D eigenvalue weighted by Gasteiger charge is 2.31. The molecular formula is C21H34N8O7. The molecule has 0 bridgehead atoms. The molecule has 1 heterocycles. The lowest BCUT2D eigenvalue weighted by atomic mass is 10.0. The van der Waals surface area contributed by atoms with Gasteiger partial charge in [-0.15, -0.1) is 0 Å². The molecule has 0 spiro atoms. The van der Waals surface area contributed by atoms with Gasteiger partial charge in [-0.1, -0.05) is 13.8 Å². The van der Waals surface area contributed by atoms with Gasteiger partial charge in [0.25, 0.3) is 0 Å². The molecule has 5 amide bonds. The highest BCUT2D eigenvalue weighted by molar-refractivity contribution is 5.95. The zero-order valence-corrected chi connectivity index (χ0v) is 20.2. The Morgan fingerprint density at radius 2 is 1.53 bits per heavy atom. The summed E-state index contributed by atoms with van der Waals surface area (Å²) in [5.41, 5.74) is 16.3. The van der Waals surface area contributed by atoms with Crippen molar-refractivity contribution in [3.63, 3.8) is 0 Å². The lowest BCUT2D eigenvalue weighted by Gasteiger charge is -2.26. The van der Waals surface area contributed by atoms with E-state index in [1.165, 1.54) is 12.5 Å². The number of H-pyrrole nitrogens is 1. The van der Waals surface area contributed by atoms with Gasteiger partial charge < -0.3 is 43.2 Å². The number of carboxylic acid groups (broad SMARTS) is 1. The Morgan fingerprint density at radius 1 is 0.944 bits per heavy atom. The normalized spacial score (nSPS) is 14.2. The molecule has 36 heavy (non-hydrogen) atoms. The third-order valence-corrected chi connectivity index (χ3v) is 5.00. The number of primary amides is 2. The van der Waals surface area contributed by atoms with Gasteiger partial charge in [-0.2, -0.15) is 0 Å². The Balaban J connectivity index is 3.01. The molecule has 0 aliphatic heterocycles. The van der Waals surface area contributed by atoms with E-state index in [2.05, 4.69) is 25.9 Å². The fourth-order valence-electron chi connectivity index (χ4n) is 3.21. The maximum Gasteiger partial charge on any atom is 0.326 e. The number of hydrogen-bond donors (Lipinski definition) is 8. The monoisotopic (exact) mass is 510 g/mol. The van der Waals surface area contributed by atoms with Crippen LogP contribution in [0.3, 0.4) is 0 Å². The first kappa shape index (κ1) is 30.0. The van der Waals surface area contributed by atoms with Gasteiger partial charge in [0.2, 0.25) is 29.5 Å². The summed E-state index contributed by atoms with van der Waals surface area (Å²) in [7, 11) is 0. The smallest absolute Gasteiger partial charge is 0.326 e. The molecule has 4 unspecified atom stereocenters. The quantitative estimate of drug-likeness (QED) is 0.112. The van der Waals surface area contributed by atoms with Crippen LogP contribution in [0.4, 0.5) is 0 Å². The number of amides is 5. The van der Waals surface area contributed by atoms with Crippen LogP contribution in [0.15, 0.2) is 12.5 Å². The molecule has 1 aromatic rings. The SMILES string of the molecule is CC(C)CC(NC(=O)C(CCC(N)=O)NC(=O)C(N)CC(N)=O)C(=O)NC(Cc1cnc[nH]1)C(=O)O. The van der Waals surface area contributed by atoms with E-state index in [1.54, 1.807) is 13.8 Å². The van der Waals surface area contributed by atoms with Crippen molar-refractivity contribution in [3.05, 3.63) is 18.2 Å². The summed E-state index contributed by atoms with van der Waals surface area (Å²) in [6.45, 7) is 3.59. The van der Waals surface area contributed by atoms with E-state index < -0.39 is 66.1 Å². The number of carbonyl (C=O) groups is 6. The molecule has 4 atom stereocenters. The zero-order valence-electron chi connectivity index (χ0n) is 20.2. The zero-order chi connectivity index (χ0) is 27.4. The van der Waals surface area contributed by atoms with Gasteiger partial charge in [-0.25, -0.2) is 9.78 Å². The molecule has 0 aliphatic carbocycles. The average molecular weight is 511 g/mol. The lowest BCUT2D eigenvalue weighted by molar-refractivity contribution is -0.142. The predicted octanol–water partition coefficient (Wildman–Crippen LogP) is -2.99. The maximum atomic E-state index is 13.0. The van der Waals surface area contributed by atoms with Crippen molar-refractivity contribution in [2.24, 2.45) is 23.1 Å². The van der Waals surface area contributed by atoms with Crippen molar-refractivity contribution < 1.29 is 33.9 Å². The van der Waals surface area contributed by atoms with Crippen LogP contribution in [0.2, 0.25) is 0 Å². The van der Waals surface area contributed by atoms with Crippen molar-refractivity contribution in [1.29, 1.82) is 0 Å². The van der Waals surface area contributed by atoms with Gasteiger partial charge in [0, 0.05) is 24.7 Å². The van der Waals surface area contributed by atoms with E-state index in [1.807, 2.05) is 0 Å². The summed E-state index contributed by atoms with van der Waals surface area (Å²) >= 11 is 0. The average Bonchev–Trinajstić information content (AvgIpc) is 3.27. The van der Waals surface area contributed by atoms with E-state index in [0.717, 1.165) is 0 Å². The number of nitrogens with two attached hydrogens (primary N) is 3. The van der Waals surface area contributed by atoms with E-state index in [4.69, 9.17) is 17.2 Å². The fraction of sp³-hybridized carbons (Fsp3) is 0.571. The summed E-state index contributed by atoms with van der Waals surface area (Å²) in [6.07, 6.45) is 1.92. The number of aromatic amines is 1. The van der Waals surface area contributed by atoms with Crippen molar-refractivity contribution >= 4 is 35.5 Å². The molecule has 0 saturated carbocycles. The van der Waals surface area contributed by atoms with Gasteiger partial charge in [0.05, 0.1) is 18.8 Å².